The molecule has 172 valence electrons. The van der Waals surface area contributed by atoms with Crippen LogP contribution >= 0.6 is 0 Å². The number of carbonyl (C=O) groups is 1. The van der Waals surface area contributed by atoms with Crippen molar-refractivity contribution in [2.24, 2.45) is 5.92 Å². The van der Waals surface area contributed by atoms with Crippen molar-refractivity contribution in [3.05, 3.63) is 48.5 Å². The van der Waals surface area contributed by atoms with E-state index in [2.05, 4.69) is 15.1 Å². The smallest absolute Gasteiger partial charge is 0.309 e. The van der Waals surface area contributed by atoms with E-state index < -0.39 is 0 Å². The number of rotatable bonds is 7. The van der Waals surface area contributed by atoms with Crippen molar-refractivity contribution in [3.63, 3.8) is 0 Å². The number of benzene rings is 2. The lowest BCUT2D eigenvalue weighted by molar-refractivity contribution is -0.148. The van der Waals surface area contributed by atoms with Crippen molar-refractivity contribution in [2.75, 3.05) is 38.8 Å². The highest BCUT2D eigenvalue weighted by Gasteiger charge is 2.28. The van der Waals surface area contributed by atoms with Crippen molar-refractivity contribution < 1.29 is 19.0 Å². The largest absolute Gasteiger partial charge is 0.496 e. The SMILES string of the molecule is CCOC(=O)C1CCN(c2nnc(-c3ccccc3OC)c(-c3ccccc3OC)n2)CC1. The Bertz CT molecular complexity index is 1110. The maximum absolute atomic E-state index is 12.1. The number of carbonyl (C=O) groups excluding carboxylic acids is 1. The van der Waals surface area contributed by atoms with Gasteiger partial charge in [-0.3, -0.25) is 4.79 Å². The molecule has 0 amide bonds. The van der Waals surface area contributed by atoms with Crippen molar-refractivity contribution >= 4 is 11.9 Å². The van der Waals surface area contributed by atoms with Gasteiger partial charge in [-0.15, -0.1) is 10.2 Å². The van der Waals surface area contributed by atoms with Crippen LogP contribution in [0, 0.1) is 5.92 Å². The highest BCUT2D eigenvalue weighted by molar-refractivity contribution is 5.83. The standard InChI is InChI=1S/C25H28N4O4/c1-4-33-24(30)17-13-15-29(16-14-17)25-26-22(18-9-5-7-11-20(18)31-2)23(27-28-25)19-10-6-8-12-21(19)32-3/h5-12,17H,4,13-16H2,1-3H3. The van der Waals surface area contributed by atoms with Crippen LogP contribution in [0.25, 0.3) is 22.5 Å². The van der Waals surface area contributed by atoms with Gasteiger partial charge in [-0.2, -0.15) is 0 Å². The number of esters is 1. The lowest BCUT2D eigenvalue weighted by Crippen LogP contribution is -2.38. The maximum Gasteiger partial charge on any atom is 0.309 e. The molecule has 8 nitrogen and oxygen atoms in total. The van der Waals surface area contributed by atoms with Crippen molar-refractivity contribution in [2.45, 2.75) is 19.8 Å². The Morgan fingerprint density at radius 3 is 2.06 bits per heavy atom. The average Bonchev–Trinajstić information content (AvgIpc) is 2.88. The minimum Gasteiger partial charge on any atom is -0.496 e. The Morgan fingerprint density at radius 1 is 0.909 bits per heavy atom. The summed E-state index contributed by atoms with van der Waals surface area (Å²) in [5.41, 5.74) is 2.89. The molecule has 0 spiro atoms. The summed E-state index contributed by atoms with van der Waals surface area (Å²) in [5.74, 6) is 1.69. The molecule has 3 aromatic rings. The Hall–Kier alpha value is -3.68. The second-order valence-corrected chi connectivity index (χ2v) is 7.72. The van der Waals surface area contributed by atoms with E-state index in [0.29, 0.717) is 61.4 Å². The van der Waals surface area contributed by atoms with Gasteiger partial charge in [0.05, 0.1) is 26.7 Å². The summed E-state index contributed by atoms with van der Waals surface area (Å²) in [4.78, 5) is 19.1. The average molecular weight is 449 g/mol. The van der Waals surface area contributed by atoms with Crippen LogP contribution in [0.2, 0.25) is 0 Å². The van der Waals surface area contributed by atoms with E-state index in [1.165, 1.54) is 0 Å². The molecule has 0 radical (unpaired) electrons. The van der Waals surface area contributed by atoms with Gasteiger partial charge in [0.25, 0.3) is 0 Å². The number of nitrogens with zero attached hydrogens (tertiary/aromatic N) is 4. The number of hydrogen-bond acceptors (Lipinski definition) is 8. The molecule has 0 unspecified atom stereocenters. The third-order valence-electron chi connectivity index (χ3n) is 5.80. The first-order valence-corrected chi connectivity index (χ1v) is 11.1. The summed E-state index contributed by atoms with van der Waals surface area (Å²) >= 11 is 0. The van der Waals surface area contributed by atoms with Crippen LogP contribution < -0.4 is 14.4 Å². The second-order valence-electron chi connectivity index (χ2n) is 7.72. The van der Waals surface area contributed by atoms with Gasteiger partial charge < -0.3 is 19.1 Å². The molecule has 0 saturated carbocycles. The molecule has 1 aliphatic rings. The number of hydrogen-bond donors (Lipinski definition) is 0. The van der Waals surface area contributed by atoms with Gasteiger partial charge in [-0.05, 0) is 44.0 Å². The van der Waals surface area contributed by atoms with Crippen LogP contribution in [-0.2, 0) is 9.53 Å². The topological polar surface area (TPSA) is 86.7 Å². The van der Waals surface area contributed by atoms with Gasteiger partial charge in [0.2, 0.25) is 5.95 Å². The summed E-state index contributed by atoms with van der Waals surface area (Å²) < 4.78 is 16.4. The molecule has 0 aliphatic carbocycles. The fourth-order valence-corrected chi connectivity index (χ4v) is 4.08. The van der Waals surface area contributed by atoms with Gasteiger partial charge in [0.1, 0.15) is 22.9 Å². The lowest BCUT2D eigenvalue weighted by Gasteiger charge is -2.30. The molecule has 0 bridgehead atoms. The van der Waals surface area contributed by atoms with E-state index in [9.17, 15) is 4.79 Å². The molecule has 2 heterocycles. The fraction of sp³-hybridized carbons (Fsp3) is 0.360. The van der Waals surface area contributed by atoms with Gasteiger partial charge in [0.15, 0.2) is 0 Å². The second kappa shape index (κ2) is 10.3. The Kier molecular flexibility index (Phi) is 7.02. The van der Waals surface area contributed by atoms with Crippen molar-refractivity contribution in [3.8, 4) is 34.0 Å². The van der Waals surface area contributed by atoms with E-state index in [1.54, 1.807) is 14.2 Å². The fourth-order valence-electron chi connectivity index (χ4n) is 4.08. The van der Waals surface area contributed by atoms with E-state index in [0.717, 1.165) is 11.1 Å². The van der Waals surface area contributed by atoms with Crippen LogP contribution in [0.3, 0.4) is 0 Å². The van der Waals surface area contributed by atoms with Crippen LogP contribution in [-0.4, -0.2) is 55.1 Å². The van der Waals surface area contributed by atoms with E-state index in [4.69, 9.17) is 19.2 Å². The Balaban J connectivity index is 1.73. The summed E-state index contributed by atoms with van der Waals surface area (Å²) in [6.45, 7) is 3.54. The summed E-state index contributed by atoms with van der Waals surface area (Å²) in [5, 5.41) is 9.04. The third kappa shape index (κ3) is 4.74. The molecule has 0 N–H and O–H groups in total. The number of para-hydroxylation sites is 2. The number of ether oxygens (including phenoxy) is 3. The molecule has 33 heavy (non-hydrogen) atoms. The van der Waals surface area contributed by atoms with E-state index >= 15 is 0 Å². The Morgan fingerprint density at radius 2 is 1.48 bits per heavy atom. The number of anilines is 1. The van der Waals surface area contributed by atoms with Crippen molar-refractivity contribution in [1.29, 1.82) is 0 Å². The predicted octanol–water partition coefficient (Wildman–Crippen LogP) is 4.00. The molecule has 1 aromatic heterocycles. The van der Waals surface area contributed by atoms with Gasteiger partial charge in [-0.25, -0.2) is 4.98 Å². The molecule has 0 atom stereocenters. The molecule has 1 aliphatic heterocycles. The molecule has 1 fully saturated rings. The molecule has 2 aromatic carbocycles. The van der Waals surface area contributed by atoms with Gasteiger partial charge >= 0.3 is 5.97 Å². The zero-order valence-electron chi connectivity index (χ0n) is 19.2. The molecule has 1 saturated heterocycles. The van der Waals surface area contributed by atoms with E-state index in [1.807, 2.05) is 55.5 Å². The normalized spacial score (nSPS) is 14.1. The van der Waals surface area contributed by atoms with Crippen LogP contribution in [0.15, 0.2) is 48.5 Å². The minimum absolute atomic E-state index is 0.0873. The zero-order valence-corrected chi connectivity index (χ0v) is 19.2. The summed E-state index contributed by atoms with van der Waals surface area (Å²) in [6, 6.07) is 15.4. The lowest BCUT2D eigenvalue weighted by atomic mass is 9.97. The number of methoxy groups -OCH3 is 2. The maximum atomic E-state index is 12.1. The van der Waals surface area contributed by atoms with Gasteiger partial charge in [0, 0.05) is 24.2 Å². The van der Waals surface area contributed by atoms with Crippen LogP contribution in [0.5, 0.6) is 11.5 Å². The predicted molar refractivity (Wildman–Crippen MR) is 125 cm³/mol. The van der Waals surface area contributed by atoms with Crippen LogP contribution in [0.4, 0.5) is 5.95 Å². The molecule has 4 rings (SSSR count). The first-order valence-electron chi connectivity index (χ1n) is 11.1. The first kappa shape index (κ1) is 22.5. The summed E-state index contributed by atoms with van der Waals surface area (Å²) in [7, 11) is 3.27. The summed E-state index contributed by atoms with van der Waals surface area (Å²) in [6.07, 6.45) is 1.39. The number of piperidine rings is 1. The molecular formula is C25H28N4O4. The molecular weight excluding hydrogens is 420 g/mol. The van der Waals surface area contributed by atoms with Crippen molar-refractivity contribution in [1.82, 2.24) is 15.2 Å². The van der Waals surface area contributed by atoms with Crippen LogP contribution in [0.1, 0.15) is 19.8 Å². The highest BCUT2D eigenvalue weighted by Crippen LogP contribution is 2.38. The quantitative estimate of drug-likeness (QED) is 0.501. The van der Waals surface area contributed by atoms with E-state index in [-0.39, 0.29) is 11.9 Å². The molecule has 8 heteroatoms. The first-order chi connectivity index (χ1) is 16.2. The monoisotopic (exact) mass is 448 g/mol. The Labute approximate surface area is 193 Å². The number of aromatic nitrogens is 3. The minimum atomic E-state index is -0.127. The third-order valence-corrected chi connectivity index (χ3v) is 5.80. The zero-order chi connectivity index (χ0) is 23.2. The van der Waals surface area contributed by atoms with Gasteiger partial charge in [-0.1, -0.05) is 24.3 Å². The highest BCUT2D eigenvalue weighted by atomic mass is 16.5.